The molecule has 1 aliphatic rings. The average molecular weight is 419 g/mol. The van der Waals surface area contributed by atoms with E-state index in [1.54, 1.807) is 34.1 Å². The molecule has 29 heavy (non-hydrogen) atoms. The standard InChI is InChI=1S/C20H22FN3O4S/c1-29(27,28)24(14-16-2-6-18(21)7-3-16)19-8-4-17(5-9-19)20(26)23-12-10-22(15-25)11-13-23/h2-9,15H,10-14H2,1H3. The van der Waals surface area contributed by atoms with Gasteiger partial charge in [0.25, 0.3) is 5.91 Å². The van der Waals surface area contributed by atoms with Crippen LogP contribution in [-0.2, 0) is 21.4 Å². The van der Waals surface area contributed by atoms with Gasteiger partial charge in [-0.1, -0.05) is 12.1 Å². The molecular weight excluding hydrogens is 397 g/mol. The molecule has 1 fully saturated rings. The zero-order valence-electron chi connectivity index (χ0n) is 16.0. The van der Waals surface area contributed by atoms with Crippen molar-refractivity contribution in [2.24, 2.45) is 0 Å². The monoisotopic (exact) mass is 419 g/mol. The van der Waals surface area contributed by atoms with Gasteiger partial charge >= 0.3 is 0 Å². The van der Waals surface area contributed by atoms with E-state index < -0.39 is 15.8 Å². The third kappa shape index (κ3) is 5.11. The number of hydrogen-bond donors (Lipinski definition) is 0. The van der Waals surface area contributed by atoms with Crippen LogP contribution >= 0.6 is 0 Å². The van der Waals surface area contributed by atoms with Crippen molar-refractivity contribution in [1.82, 2.24) is 9.80 Å². The predicted molar refractivity (Wildman–Crippen MR) is 107 cm³/mol. The third-order valence-corrected chi connectivity index (χ3v) is 5.93. The van der Waals surface area contributed by atoms with Crippen molar-refractivity contribution in [3.8, 4) is 0 Å². The van der Waals surface area contributed by atoms with Crippen molar-refractivity contribution < 1.29 is 22.4 Å². The highest BCUT2D eigenvalue weighted by Gasteiger charge is 2.22. The summed E-state index contributed by atoms with van der Waals surface area (Å²) in [5.41, 5.74) is 1.51. The second kappa shape index (κ2) is 8.60. The van der Waals surface area contributed by atoms with Crippen LogP contribution in [0.15, 0.2) is 48.5 Å². The van der Waals surface area contributed by atoms with Crippen molar-refractivity contribution in [1.29, 1.82) is 0 Å². The summed E-state index contributed by atoms with van der Waals surface area (Å²) in [5.74, 6) is -0.553. The van der Waals surface area contributed by atoms with Crippen LogP contribution in [0.1, 0.15) is 15.9 Å². The largest absolute Gasteiger partial charge is 0.342 e. The lowest BCUT2D eigenvalue weighted by atomic mass is 10.1. The number of halogens is 1. The van der Waals surface area contributed by atoms with E-state index in [0.29, 0.717) is 43.0 Å². The fourth-order valence-corrected chi connectivity index (χ4v) is 4.03. The number of sulfonamides is 1. The van der Waals surface area contributed by atoms with Crippen molar-refractivity contribution in [3.63, 3.8) is 0 Å². The molecule has 0 spiro atoms. The molecule has 0 atom stereocenters. The van der Waals surface area contributed by atoms with E-state index in [9.17, 15) is 22.4 Å². The van der Waals surface area contributed by atoms with Crippen LogP contribution in [-0.4, -0.2) is 63.0 Å². The summed E-state index contributed by atoms with van der Waals surface area (Å²) in [6.45, 7) is 1.96. The summed E-state index contributed by atoms with van der Waals surface area (Å²) in [6, 6.07) is 12.0. The Morgan fingerprint density at radius 2 is 1.62 bits per heavy atom. The highest BCUT2D eigenvalue weighted by atomic mass is 32.2. The normalized spacial score (nSPS) is 14.6. The number of piperazine rings is 1. The molecule has 2 amide bonds. The van der Waals surface area contributed by atoms with E-state index in [0.717, 1.165) is 12.7 Å². The number of rotatable bonds is 6. The van der Waals surface area contributed by atoms with Gasteiger partial charge in [0.15, 0.2) is 0 Å². The van der Waals surface area contributed by atoms with Crippen LogP contribution in [0.3, 0.4) is 0 Å². The Kier molecular flexibility index (Phi) is 6.17. The van der Waals surface area contributed by atoms with Crippen molar-refractivity contribution in [2.75, 3.05) is 36.7 Å². The number of carbonyl (C=O) groups is 2. The fraction of sp³-hybridized carbons (Fsp3) is 0.300. The van der Waals surface area contributed by atoms with Gasteiger partial charge in [-0.25, -0.2) is 12.8 Å². The first-order chi connectivity index (χ1) is 13.8. The highest BCUT2D eigenvalue weighted by molar-refractivity contribution is 7.92. The van der Waals surface area contributed by atoms with Gasteiger partial charge in [-0.3, -0.25) is 13.9 Å². The Morgan fingerprint density at radius 1 is 1.03 bits per heavy atom. The Bertz CT molecular complexity index is 970. The Morgan fingerprint density at radius 3 is 2.14 bits per heavy atom. The molecule has 0 N–H and O–H groups in total. The molecule has 9 heteroatoms. The first kappa shape index (κ1) is 20.8. The maximum atomic E-state index is 13.1. The third-order valence-electron chi connectivity index (χ3n) is 4.79. The molecule has 0 aliphatic carbocycles. The van der Waals surface area contributed by atoms with E-state index >= 15 is 0 Å². The van der Waals surface area contributed by atoms with Crippen LogP contribution in [0.4, 0.5) is 10.1 Å². The number of amides is 2. The van der Waals surface area contributed by atoms with Crippen LogP contribution in [0.5, 0.6) is 0 Å². The zero-order chi connectivity index (χ0) is 21.0. The van der Waals surface area contributed by atoms with Crippen LogP contribution in [0.25, 0.3) is 0 Å². The second-order valence-corrected chi connectivity index (χ2v) is 8.78. The quantitative estimate of drug-likeness (QED) is 0.668. The Labute approximate surface area is 169 Å². The summed E-state index contributed by atoms with van der Waals surface area (Å²) < 4.78 is 38.9. The van der Waals surface area contributed by atoms with E-state index in [4.69, 9.17) is 0 Å². The molecule has 3 rings (SSSR count). The SMILES string of the molecule is CS(=O)(=O)N(Cc1ccc(F)cc1)c1ccc(C(=O)N2CCN(C=O)CC2)cc1. The minimum atomic E-state index is -3.58. The zero-order valence-corrected chi connectivity index (χ0v) is 16.8. The molecule has 2 aromatic rings. The molecule has 2 aromatic carbocycles. The summed E-state index contributed by atoms with van der Waals surface area (Å²) >= 11 is 0. The predicted octanol–water partition coefficient (Wildman–Crippen LogP) is 1.71. The summed E-state index contributed by atoms with van der Waals surface area (Å²) in [5, 5.41) is 0. The molecule has 0 aromatic heterocycles. The lowest BCUT2D eigenvalue weighted by Gasteiger charge is -2.32. The minimum Gasteiger partial charge on any atom is -0.342 e. The van der Waals surface area contributed by atoms with E-state index in [1.165, 1.54) is 28.6 Å². The van der Waals surface area contributed by atoms with Gasteiger partial charge in [0.1, 0.15) is 5.82 Å². The number of carbonyl (C=O) groups excluding carboxylic acids is 2. The second-order valence-electron chi connectivity index (χ2n) is 6.88. The highest BCUT2D eigenvalue weighted by Crippen LogP contribution is 2.22. The molecule has 1 aliphatic heterocycles. The first-order valence-electron chi connectivity index (χ1n) is 9.09. The molecule has 0 saturated carbocycles. The summed E-state index contributed by atoms with van der Waals surface area (Å²) in [6.07, 6.45) is 1.87. The molecule has 1 saturated heterocycles. The molecule has 7 nitrogen and oxygen atoms in total. The number of anilines is 1. The number of hydrogen-bond acceptors (Lipinski definition) is 4. The number of nitrogens with zero attached hydrogens (tertiary/aromatic N) is 3. The molecule has 0 unspecified atom stereocenters. The van der Waals surface area contributed by atoms with Gasteiger partial charge in [0.05, 0.1) is 18.5 Å². The van der Waals surface area contributed by atoms with E-state index in [-0.39, 0.29) is 12.5 Å². The lowest BCUT2D eigenvalue weighted by molar-refractivity contribution is -0.119. The maximum Gasteiger partial charge on any atom is 0.253 e. The van der Waals surface area contributed by atoms with Crippen LogP contribution in [0.2, 0.25) is 0 Å². The van der Waals surface area contributed by atoms with E-state index in [2.05, 4.69) is 0 Å². The summed E-state index contributed by atoms with van der Waals surface area (Å²) in [4.78, 5) is 26.7. The fourth-order valence-electron chi connectivity index (χ4n) is 3.14. The molecule has 0 radical (unpaired) electrons. The smallest absolute Gasteiger partial charge is 0.253 e. The summed E-state index contributed by atoms with van der Waals surface area (Å²) in [7, 11) is -3.58. The van der Waals surface area contributed by atoms with Crippen LogP contribution in [0, 0.1) is 5.82 Å². The van der Waals surface area contributed by atoms with Gasteiger partial charge in [0, 0.05) is 31.7 Å². The van der Waals surface area contributed by atoms with Gasteiger partial charge in [-0.2, -0.15) is 0 Å². The van der Waals surface area contributed by atoms with Crippen molar-refractivity contribution in [3.05, 3.63) is 65.5 Å². The molecule has 154 valence electrons. The molecule has 1 heterocycles. The first-order valence-corrected chi connectivity index (χ1v) is 10.9. The number of benzene rings is 2. The maximum absolute atomic E-state index is 13.1. The molecule has 0 bridgehead atoms. The van der Waals surface area contributed by atoms with Crippen LogP contribution < -0.4 is 4.31 Å². The minimum absolute atomic E-state index is 0.0556. The van der Waals surface area contributed by atoms with Gasteiger partial charge in [0.2, 0.25) is 16.4 Å². The van der Waals surface area contributed by atoms with Gasteiger partial charge in [-0.05, 0) is 42.0 Å². The van der Waals surface area contributed by atoms with Gasteiger partial charge in [-0.15, -0.1) is 0 Å². The Balaban J connectivity index is 1.76. The average Bonchev–Trinajstić information content (AvgIpc) is 2.72. The lowest BCUT2D eigenvalue weighted by Crippen LogP contribution is -2.48. The van der Waals surface area contributed by atoms with Crippen molar-refractivity contribution in [2.45, 2.75) is 6.54 Å². The van der Waals surface area contributed by atoms with E-state index in [1.807, 2.05) is 0 Å². The topological polar surface area (TPSA) is 78.0 Å². The Hall–Kier alpha value is -2.94. The van der Waals surface area contributed by atoms with Gasteiger partial charge < -0.3 is 9.80 Å². The molecular formula is C20H22FN3O4S. The van der Waals surface area contributed by atoms with Crippen molar-refractivity contribution >= 4 is 28.0 Å².